The third kappa shape index (κ3) is 5.03. The van der Waals surface area contributed by atoms with Crippen molar-refractivity contribution in [3.63, 3.8) is 0 Å². The lowest BCUT2D eigenvalue weighted by Crippen LogP contribution is -2.38. The number of benzene rings is 2. The van der Waals surface area contributed by atoms with E-state index in [2.05, 4.69) is 34.3 Å². The van der Waals surface area contributed by atoms with E-state index in [-0.39, 0.29) is 0 Å². The molecular weight excluding hydrogens is 388 g/mol. The van der Waals surface area contributed by atoms with E-state index in [9.17, 15) is 5.11 Å². The minimum absolute atomic E-state index is 0.434. The van der Waals surface area contributed by atoms with Gasteiger partial charge in [-0.25, -0.2) is 9.50 Å². The lowest BCUT2D eigenvalue weighted by Gasteiger charge is -2.30. The first-order valence-corrected chi connectivity index (χ1v) is 10.5. The number of anilines is 1. The Morgan fingerprint density at radius 1 is 0.968 bits per heavy atom. The fraction of sp³-hybridized carbons (Fsp3) is 0.280. The van der Waals surface area contributed by atoms with Crippen LogP contribution >= 0.6 is 0 Å². The quantitative estimate of drug-likeness (QED) is 0.459. The molecule has 0 fully saturated rings. The zero-order chi connectivity index (χ0) is 21.8. The summed E-state index contributed by atoms with van der Waals surface area (Å²) >= 11 is 0. The second-order valence-corrected chi connectivity index (χ2v) is 8.30. The highest BCUT2D eigenvalue weighted by atomic mass is 16.5. The van der Waals surface area contributed by atoms with E-state index in [1.807, 2.05) is 55.6 Å². The SMILES string of the molecule is CC(Oc1cn2nccc2nc1N(Cc1ccccc1)Cc1ccccc1)C(C)(C)O. The van der Waals surface area contributed by atoms with Crippen LogP contribution in [0.5, 0.6) is 5.75 Å². The standard InChI is InChI=1S/C25H28N4O2/c1-19(25(2,3)30)31-22-18-29-23(14-15-26-29)27-24(22)28(16-20-10-6-4-7-11-20)17-21-12-8-5-9-13-21/h4-15,18-19,30H,16-17H2,1-3H3. The zero-order valence-electron chi connectivity index (χ0n) is 18.1. The van der Waals surface area contributed by atoms with E-state index >= 15 is 0 Å². The van der Waals surface area contributed by atoms with Gasteiger partial charge in [-0.3, -0.25) is 0 Å². The summed E-state index contributed by atoms with van der Waals surface area (Å²) in [7, 11) is 0. The molecular formula is C25H28N4O2. The van der Waals surface area contributed by atoms with Crippen molar-refractivity contribution in [1.29, 1.82) is 0 Å². The number of aliphatic hydroxyl groups is 1. The second-order valence-electron chi connectivity index (χ2n) is 8.30. The molecule has 1 unspecified atom stereocenters. The number of aromatic nitrogens is 3. The summed E-state index contributed by atoms with van der Waals surface area (Å²) in [5.74, 6) is 1.30. The van der Waals surface area contributed by atoms with Crippen LogP contribution in [0, 0.1) is 0 Å². The maximum atomic E-state index is 10.4. The number of hydrogen-bond acceptors (Lipinski definition) is 5. The Morgan fingerprint density at radius 3 is 2.10 bits per heavy atom. The lowest BCUT2D eigenvalue weighted by molar-refractivity contribution is -0.0242. The van der Waals surface area contributed by atoms with Crippen LogP contribution in [-0.2, 0) is 13.1 Å². The zero-order valence-corrected chi connectivity index (χ0v) is 18.1. The van der Waals surface area contributed by atoms with Crippen LogP contribution in [0.15, 0.2) is 79.1 Å². The minimum atomic E-state index is -1.000. The fourth-order valence-electron chi connectivity index (χ4n) is 3.29. The molecule has 0 amide bonds. The molecule has 31 heavy (non-hydrogen) atoms. The Bertz CT molecular complexity index is 1080. The molecule has 2 aromatic heterocycles. The monoisotopic (exact) mass is 416 g/mol. The smallest absolute Gasteiger partial charge is 0.180 e. The van der Waals surface area contributed by atoms with Crippen molar-refractivity contribution in [3.05, 3.63) is 90.3 Å². The molecule has 0 aliphatic heterocycles. The van der Waals surface area contributed by atoms with Crippen LogP contribution in [0.25, 0.3) is 5.65 Å². The van der Waals surface area contributed by atoms with Gasteiger partial charge >= 0.3 is 0 Å². The predicted octanol–water partition coefficient (Wildman–Crippen LogP) is 4.47. The molecule has 0 radical (unpaired) electrons. The Kier molecular flexibility index (Phi) is 5.91. The van der Waals surface area contributed by atoms with Crippen molar-refractivity contribution in [2.24, 2.45) is 0 Å². The number of nitrogens with zero attached hydrogens (tertiary/aromatic N) is 4. The highest BCUT2D eigenvalue weighted by Gasteiger charge is 2.27. The van der Waals surface area contributed by atoms with Gasteiger partial charge in [0.2, 0.25) is 0 Å². The summed E-state index contributed by atoms with van der Waals surface area (Å²) in [5.41, 5.74) is 2.09. The van der Waals surface area contributed by atoms with Crippen LogP contribution in [0.4, 0.5) is 5.82 Å². The normalized spacial score (nSPS) is 12.6. The van der Waals surface area contributed by atoms with Gasteiger partial charge in [-0.2, -0.15) is 5.10 Å². The summed E-state index contributed by atoms with van der Waals surface area (Å²) in [4.78, 5) is 7.08. The van der Waals surface area contributed by atoms with Crippen LogP contribution in [0.2, 0.25) is 0 Å². The van der Waals surface area contributed by atoms with Gasteiger partial charge < -0.3 is 14.7 Å². The van der Waals surface area contributed by atoms with Gasteiger partial charge in [0.1, 0.15) is 6.10 Å². The van der Waals surface area contributed by atoms with E-state index in [0.717, 1.165) is 11.5 Å². The molecule has 4 aromatic rings. The molecule has 0 aliphatic rings. The van der Waals surface area contributed by atoms with E-state index in [0.29, 0.717) is 18.8 Å². The van der Waals surface area contributed by atoms with Crippen LogP contribution in [0.3, 0.4) is 0 Å². The molecule has 0 aliphatic carbocycles. The molecule has 0 saturated heterocycles. The average Bonchev–Trinajstić information content (AvgIpc) is 3.21. The van der Waals surface area contributed by atoms with E-state index in [4.69, 9.17) is 9.72 Å². The van der Waals surface area contributed by atoms with Gasteiger partial charge in [-0.05, 0) is 31.9 Å². The van der Waals surface area contributed by atoms with Gasteiger partial charge in [-0.15, -0.1) is 0 Å². The van der Waals surface area contributed by atoms with Crippen molar-refractivity contribution >= 4 is 11.5 Å². The van der Waals surface area contributed by atoms with E-state index in [1.165, 1.54) is 11.1 Å². The predicted molar refractivity (Wildman–Crippen MR) is 122 cm³/mol. The maximum absolute atomic E-state index is 10.4. The lowest BCUT2D eigenvalue weighted by atomic mass is 10.0. The Morgan fingerprint density at radius 2 is 1.55 bits per heavy atom. The van der Waals surface area contributed by atoms with Crippen molar-refractivity contribution in [2.75, 3.05) is 4.90 Å². The van der Waals surface area contributed by atoms with Gasteiger partial charge in [0.05, 0.1) is 18.0 Å². The molecule has 160 valence electrons. The van der Waals surface area contributed by atoms with Crippen molar-refractivity contribution < 1.29 is 9.84 Å². The summed E-state index contributed by atoms with van der Waals surface area (Å²) in [6.45, 7) is 6.67. The first-order chi connectivity index (χ1) is 14.9. The van der Waals surface area contributed by atoms with Crippen molar-refractivity contribution in [2.45, 2.75) is 45.6 Å². The number of ether oxygens (including phenoxy) is 1. The molecule has 2 aromatic carbocycles. The van der Waals surface area contributed by atoms with Gasteiger partial charge in [0, 0.05) is 19.2 Å². The van der Waals surface area contributed by atoms with Gasteiger partial charge in [-0.1, -0.05) is 60.7 Å². The largest absolute Gasteiger partial charge is 0.482 e. The second kappa shape index (κ2) is 8.78. The highest BCUT2D eigenvalue weighted by molar-refractivity contribution is 5.57. The summed E-state index contributed by atoms with van der Waals surface area (Å²) < 4.78 is 7.92. The van der Waals surface area contributed by atoms with Crippen molar-refractivity contribution in [3.8, 4) is 5.75 Å². The molecule has 4 rings (SSSR count). The maximum Gasteiger partial charge on any atom is 0.180 e. The minimum Gasteiger partial charge on any atom is -0.482 e. The molecule has 2 heterocycles. The average molecular weight is 417 g/mol. The molecule has 6 heteroatoms. The fourth-order valence-corrected chi connectivity index (χ4v) is 3.29. The topological polar surface area (TPSA) is 62.9 Å². The third-order valence-corrected chi connectivity index (χ3v) is 5.36. The van der Waals surface area contributed by atoms with Crippen molar-refractivity contribution in [1.82, 2.24) is 14.6 Å². The molecule has 6 nitrogen and oxygen atoms in total. The first-order valence-electron chi connectivity index (χ1n) is 10.5. The summed E-state index contributed by atoms with van der Waals surface area (Å²) in [6, 6.07) is 22.5. The molecule has 1 atom stereocenters. The number of fused-ring (bicyclic) bond motifs is 1. The number of rotatable bonds is 8. The first kappa shape index (κ1) is 20.9. The Labute approximate surface area is 182 Å². The Hall–Kier alpha value is -3.38. The van der Waals surface area contributed by atoms with Crippen LogP contribution in [-0.4, -0.2) is 31.4 Å². The van der Waals surface area contributed by atoms with E-state index in [1.54, 1.807) is 24.6 Å². The van der Waals surface area contributed by atoms with E-state index < -0.39 is 11.7 Å². The van der Waals surface area contributed by atoms with Gasteiger partial charge in [0.25, 0.3) is 0 Å². The Balaban J connectivity index is 1.78. The highest BCUT2D eigenvalue weighted by Crippen LogP contribution is 2.31. The number of hydrogen-bond donors (Lipinski definition) is 1. The summed E-state index contributed by atoms with van der Waals surface area (Å²) in [6.07, 6.45) is 3.12. The van der Waals surface area contributed by atoms with Crippen LogP contribution < -0.4 is 9.64 Å². The van der Waals surface area contributed by atoms with Crippen LogP contribution in [0.1, 0.15) is 31.9 Å². The summed E-state index contributed by atoms with van der Waals surface area (Å²) in [5, 5.41) is 14.7. The molecule has 1 N–H and O–H groups in total. The van der Waals surface area contributed by atoms with Gasteiger partial charge in [0.15, 0.2) is 17.2 Å². The molecule has 0 bridgehead atoms. The third-order valence-electron chi connectivity index (χ3n) is 5.36. The molecule has 0 saturated carbocycles. The molecule has 0 spiro atoms.